The van der Waals surface area contributed by atoms with Crippen molar-refractivity contribution in [2.24, 2.45) is 0 Å². The molecule has 0 aromatic heterocycles. The normalized spacial score (nSPS) is 16.2. The number of nitrogens with zero attached hydrogens (tertiary/aromatic N) is 2. The zero-order chi connectivity index (χ0) is 28.2. The first-order valence-electron chi connectivity index (χ1n) is 13.9. The molecule has 0 spiro atoms. The van der Waals surface area contributed by atoms with Gasteiger partial charge in [-0.3, -0.25) is 9.69 Å². The second-order valence-corrected chi connectivity index (χ2v) is 11.2. The lowest BCUT2D eigenvalue weighted by molar-refractivity contribution is -0.140. The number of carbonyl (C=O) groups is 1. The van der Waals surface area contributed by atoms with Crippen LogP contribution in [0.1, 0.15) is 17.2 Å². The van der Waals surface area contributed by atoms with Crippen molar-refractivity contribution in [1.29, 1.82) is 0 Å². The van der Waals surface area contributed by atoms with Crippen molar-refractivity contribution in [3.63, 3.8) is 0 Å². The van der Waals surface area contributed by atoms with Crippen LogP contribution in [0, 0.1) is 0 Å². The second kappa shape index (κ2) is 16.4. The number of piperazine rings is 1. The van der Waals surface area contributed by atoms with Gasteiger partial charge in [0.2, 0.25) is 5.91 Å². The van der Waals surface area contributed by atoms with Crippen LogP contribution in [0.2, 0.25) is 5.02 Å². The maximum absolute atomic E-state index is 13.5. The molecule has 1 fully saturated rings. The molecular weight excluding hydrogens is 594 g/mol. The Morgan fingerprint density at radius 2 is 1.62 bits per heavy atom. The Morgan fingerprint density at radius 3 is 2.38 bits per heavy atom. The Balaban J connectivity index is 1.33. The van der Waals surface area contributed by atoms with Crippen LogP contribution in [0.3, 0.4) is 0 Å². The highest BCUT2D eigenvalue weighted by molar-refractivity contribution is 9.10. The molecule has 0 saturated carbocycles. The topological polar surface area (TPSA) is 63.3 Å². The molecule has 216 valence electrons. The molecule has 3 aromatic carbocycles. The summed E-state index contributed by atoms with van der Waals surface area (Å²) in [7, 11) is 1.90. The minimum Gasteiger partial charge on any atom is -0.378 e. The maximum Gasteiger partial charge on any atom is 0.237 e. The number of ether oxygens (including phenoxy) is 3. The number of benzene rings is 3. The van der Waals surface area contributed by atoms with Crippen molar-refractivity contribution in [3.8, 4) is 0 Å². The molecule has 40 heavy (non-hydrogen) atoms. The fourth-order valence-electron chi connectivity index (χ4n) is 4.89. The van der Waals surface area contributed by atoms with E-state index in [-0.39, 0.29) is 11.9 Å². The third kappa shape index (κ3) is 9.24. The number of fused-ring (bicyclic) bond motifs is 1. The van der Waals surface area contributed by atoms with Crippen LogP contribution in [0.5, 0.6) is 0 Å². The highest BCUT2D eigenvalue weighted by Gasteiger charge is 2.33. The molecule has 1 aliphatic rings. The van der Waals surface area contributed by atoms with Gasteiger partial charge < -0.3 is 24.4 Å². The summed E-state index contributed by atoms with van der Waals surface area (Å²) < 4.78 is 17.8. The number of hydrogen-bond acceptors (Lipinski definition) is 6. The second-order valence-electron chi connectivity index (χ2n) is 9.87. The van der Waals surface area contributed by atoms with E-state index in [1.165, 1.54) is 10.8 Å². The predicted octanol–water partition coefficient (Wildman–Crippen LogP) is 4.95. The van der Waals surface area contributed by atoms with Crippen molar-refractivity contribution in [1.82, 2.24) is 15.1 Å². The number of likely N-dealkylation sites (N-methyl/N-ethyl adjacent to an activating group) is 1. The van der Waals surface area contributed by atoms with Crippen molar-refractivity contribution in [2.45, 2.75) is 12.5 Å². The molecule has 0 aliphatic carbocycles. The fourth-order valence-corrected chi connectivity index (χ4v) is 5.77. The van der Waals surface area contributed by atoms with Crippen molar-refractivity contribution >= 4 is 44.2 Å². The average Bonchev–Trinajstić information content (AvgIpc) is 2.95. The maximum atomic E-state index is 13.5. The van der Waals surface area contributed by atoms with Gasteiger partial charge in [-0.25, -0.2) is 0 Å². The van der Waals surface area contributed by atoms with Gasteiger partial charge in [-0.05, 0) is 53.6 Å². The van der Waals surface area contributed by atoms with E-state index >= 15 is 0 Å². The highest BCUT2D eigenvalue weighted by atomic mass is 79.9. The predicted molar refractivity (Wildman–Crippen MR) is 164 cm³/mol. The van der Waals surface area contributed by atoms with Crippen LogP contribution in [0.4, 0.5) is 0 Å². The van der Waals surface area contributed by atoms with Gasteiger partial charge in [-0.1, -0.05) is 70.0 Å². The Kier molecular flexibility index (Phi) is 12.7. The Labute approximate surface area is 250 Å². The quantitative estimate of drug-likeness (QED) is 0.226. The smallest absolute Gasteiger partial charge is 0.237 e. The number of halogens is 2. The number of amides is 1. The first-order chi connectivity index (χ1) is 19.5. The molecular formula is C31H39BrClN3O4. The minimum atomic E-state index is -0.0387. The van der Waals surface area contributed by atoms with E-state index in [0.717, 1.165) is 35.1 Å². The summed E-state index contributed by atoms with van der Waals surface area (Å²) in [5.74, 6) is 0.135. The lowest BCUT2D eigenvalue weighted by Crippen LogP contribution is -2.53. The summed E-state index contributed by atoms with van der Waals surface area (Å²) in [5.41, 5.74) is 2.29. The molecule has 1 aliphatic heterocycles. The van der Waals surface area contributed by atoms with Crippen molar-refractivity contribution in [3.05, 3.63) is 81.3 Å². The van der Waals surface area contributed by atoms with Gasteiger partial charge >= 0.3 is 0 Å². The van der Waals surface area contributed by atoms with E-state index in [1.807, 2.05) is 36.2 Å². The van der Waals surface area contributed by atoms with E-state index in [2.05, 4.69) is 62.5 Å². The summed E-state index contributed by atoms with van der Waals surface area (Å²) in [4.78, 5) is 17.7. The molecule has 9 heteroatoms. The Morgan fingerprint density at radius 1 is 0.900 bits per heavy atom. The Hall–Kier alpha value is -2.04. The van der Waals surface area contributed by atoms with E-state index in [1.54, 1.807) is 0 Å². The molecule has 4 rings (SSSR count). The number of rotatable bonds is 16. The largest absolute Gasteiger partial charge is 0.378 e. The van der Waals surface area contributed by atoms with Gasteiger partial charge in [0, 0.05) is 35.7 Å². The lowest BCUT2D eigenvalue weighted by atomic mass is 9.98. The molecule has 3 aromatic rings. The molecule has 7 nitrogen and oxygen atoms in total. The summed E-state index contributed by atoms with van der Waals surface area (Å²) in [5, 5.41) is 6.11. The summed E-state index contributed by atoms with van der Waals surface area (Å²) in [6.07, 6.45) is 0.747. The molecule has 1 saturated heterocycles. The van der Waals surface area contributed by atoms with E-state index in [9.17, 15) is 4.79 Å². The number of nitrogens with one attached hydrogen (secondary N) is 1. The molecule has 0 radical (unpaired) electrons. The van der Waals surface area contributed by atoms with Crippen LogP contribution in [0.15, 0.2) is 65.1 Å². The Bertz CT molecular complexity index is 1230. The SMILES string of the molecule is CNCCOCCOCCOCCN1CC(=O)N(CCc2ccc(Cl)cc2Br)C(c2ccc3ccccc3c2)C1. The molecule has 1 heterocycles. The minimum absolute atomic E-state index is 0.0387. The number of carbonyl (C=O) groups excluding carboxylic acids is 1. The van der Waals surface area contributed by atoms with Gasteiger partial charge in [-0.15, -0.1) is 0 Å². The standard InChI is InChI=1S/C31H39BrClN3O4/c1-34-11-14-38-16-18-40-19-17-39-15-13-35-22-30(27-7-6-24-4-2-3-5-26(24)20-27)36(31(37)23-35)12-10-25-8-9-28(33)21-29(25)32/h2-9,20-21,30,34H,10-19,22-23H2,1H3. The van der Waals surface area contributed by atoms with Crippen LogP contribution in [-0.4, -0.2) is 95.1 Å². The van der Waals surface area contributed by atoms with Crippen LogP contribution in [-0.2, 0) is 25.4 Å². The van der Waals surface area contributed by atoms with Crippen LogP contribution < -0.4 is 5.32 Å². The van der Waals surface area contributed by atoms with Crippen molar-refractivity contribution < 1.29 is 19.0 Å². The van der Waals surface area contributed by atoms with E-state index in [4.69, 9.17) is 25.8 Å². The van der Waals surface area contributed by atoms with E-state index in [0.29, 0.717) is 64.3 Å². The molecule has 0 bridgehead atoms. The third-order valence-electron chi connectivity index (χ3n) is 7.07. The monoisotopic (exact) mass is 631 g/mol. The zero-order valence-corrected chi connectivity index (χ0v) is 25.5. The number of hydrogen-bond donors (Lipinski definition) is 1. The van der Waals surface area contributed by atoms with E-state index < -0.39 is 0 Å². The molecule has 1 amide bonds. The third-order valence-corrected chi connectivity index (χ3v) is 8.05. The summed E-state index contributed by atoms with van der Waals surface area (Å²) >= 11 is 9.76. The van der Waals surface area contributed by atoms with Gasteiger partial charge in [0.1, 0.15) is 0 Å². The first kappa shape index (κ1) is 30.9. The van der Waals surface area contributed by atoms with Crippen molar-refractivity contribution in [2.75, 3.05) is 79.4 Å². The van der Waals surface area contributed by atoms with Gasteiger partial charge in [0.15, 0.2) is 0 Å². The molecule has 1 atom stereocenters. The average molecular weight is 633 g/mol. The first-order valence-corrected chi connectivity index (χ1v) is 15.0. The van der Waals surface area contributed by atoms with Crippen LogP contribution >= 0.6 is 27.5 Å². The van der Waals surface area contributed by atoms with Gasteiger partial charge in [0.25, 0.3) is 0 Å². The zero-order valence-electron chi connectivity index (χ0n) is 23.1. The summed E-state index contributed by atoms with van der Waals surface area (Å²) in [6.45, 7) is 6.74. The molecule has 1 N–H and O–H groups in total. The fraction of sp³-hybridized carbons (Fsp3) is 0.452. The van der Waals surface area contributed by atoms with Crippen LogP contribution in [0.25, 0.3) is 10.8 Å². The summed E-state index contributed by atoms with van der Waals surface area (Å²) in [6, 6.07) is 20.7. The molecule has 1 unspecified atom stereocenters. The lowest BCUT2D eigenvalue weighted by Gasteiger charge is -2.41. The van der Waals surface area contributed by atoms with Gasteiger partial charge in [-0.2, -0.15) is 0 Å². The van der Waals surface area contributed by atoms with Gasteiger partial charge in [0.05, 0.1) is 52.2 Å². The highest BCUT2D eigenvalue weighted by Crippen LogP contribution is 2.30.